The third kappa shape index (κ3) is 3.54. The van der Waals surface area contributed by atoms with Crippen LogP contribution in [0.25, 0.3) is 11.0 Å². The Kier molecular flexibility index (Phi) is 5.58. The van der Waals surface area contributed by atoms with Gasteiger partial charge in [-0.25, -0.2) is 4.98 Å². The van der Waals surface area contributed by atoms with E-state index < -0.39 is 23.3 Å². The third-order valence-electron chi connectivity index (χ3n) is 3.36. The Morgan fingerprint density at radius 1 is 1.39 bits per heavy atom. The molecule has 2 aromatic rings. The van der Waals surface area contributed by atoms with E-state index in [1.54, 1.807) is 16.7 Å². The van der Waals surface area contributed by atoms with Gasteiger partial charge in [-0.15, -0.1) is 0 Å². The van der Waals surface area contributed by atoms with Crippen LogP contribution in [0.4, 0.5) is 0 Å². The maximum absolute atomic E-state index is 12.4. The van der Waals surface area contributed by atoms with E-state index in [1.165, 1.54) is 13.1 Å². The fraction of sp³-hybridized carbons (Fsp3) is 0.333. The van der Waals surface area contributed by atoms with Crippen LogP contribution in [0, 0.1) is 6.92 Å². The lowest BCUT2D eigenvalue weighted by molar-refractivity contribution is -0.138. The molecule has 0 aliphatic rings. The van der Waals surface area contributed by atoms with Crippen LogP contribution >= 0.6 is 0 Å². The quantitative estimate of drug-likeness (QED) is 0.824. The Bertz CT molecular complexity index is 813. The lowest BCUT2D eigenvalue weighted by Gasteiger charge is -2.13. The fourth-order valence-electron chi connectivity index (χ4n) is 2.10. The lowest BCUT2D eigenvalue weighted by atomic mass is 10.1. The first-order chi connectivity index (χ1) is 10.3. The Balaban J connectivity index is 0.00000264. The number of aliphatic carboxylic acids is 1. The van der Waals surface area contributed by atoms with Crippen LogP contribution < -0.4 is 10.7 Å². The minimum Gasteiger partial charge on any atom is -0.480 e. The number of amides is 1. The van der Waals surface area contributed by atoms with Gasteiger partial charge < -0.3 is 20.5 Å². The molecule has 8 heteroatoms. The number of fused-ring (bicyclic) bond motifs is 1. The second-order valence-corrected chi connectivity index (χ2v) is 5.02. The highest BCUT2D eigenvalue weighted by atomic mass is 16.4. The number of hydrogen-bond donors (Lipinski definition) is 2. The van der Waals surface area contributed by atoms with Crippen LogP contribution in [0.5, 0.6) is 0 Å². The molecule has 1 atom stereocenters. The summed E-state index contributed by atoms with van der Waals surface area (Å²) in [4.78, 5) is 39.7. The molecule has 2 rings (SSSR count). The van der Waals surface area contributed by atoms with Crippen molar-refractivity contribution in [3.8, 4) is 0 Å². The molecular formula is C15H19N3O5. The number of carboxylic acid groups (broad SMARTS) is 1. The molecule has 0 saturated carbocycles. The van der Waals surface area contributed by atoms with Gasteiger partial charge in [0.2, 0.25) is 5.43 Å². The second kappa shape index (κ2) is 7.01. The molecule has 0 bridgehead atoms. The molecule has 0 unspecified atom stereocenters. The van der Waals surface area contributed by atoms with Crippen LogP contribution in [-0.4, -0.2) is 38.1 Å². The molecule has 0 radical (unpaired) electrons. The molecule has 23 heavy (non-hydrogen) atoms. The highest BCUT2D eigenvalue weighted by Crippen LogP contribution is 2.11. The molecular weight excluding hydrogens is 302 g/mol. The number of aromatic nitrogens is 2. The summed E-state index contributed by atoms with van der Waals surface area (Å²) in [5.41, 5.74) is 0.733. The van der Waals surface area contributed by atoms with E-state index in [1.807, 2.05) is 13.8 Å². The standard InChI is InChI=1S/C15H17N3O4.H2O/c1-4-18-7-11(14(20)17-9(3)15(21)22)12(19)10-6-5-8(2)16-13(10)18;/h5-7,9H,4H2,1-3H3,(H,17,20)(H,21,22);1H2/t9-;/m0./s1. The van der Waals surface area contributed by atoms with E-state index in [-0.39, 0.29) is 11.0 Å². The summed E-state index contributed by atoms with van der Waals surface area (Å²) in [7, 11) is 0. The number of carbonyl (C=O) groups is 2. The van der Waals surface area contributed by atoms with E-state index in [4.69, 9.17) is 5.11 Å². The number of hydrogen-bond acceptors (Lipinski definition) is 4. The maximum Gasteiger partial charge on any atom is 0.325 e. The van der Waals surface area contributed by atoms with Crippen molar-refractivity contribution in [1.29, 1.82) is 0 Å². The SMILES string of the molecule is CCn1cc(C(=O)N[C@@H](C)C(=O)O)c(=O)c2ccc(C)nc21.O. The molecule has 1 amide bonds. The molecule has 4 N–H and O–H groups in total. The van der Waals surface area contributed by atoms with Crippen molar-refractivity contribution < 1.29 is 20.2 Å². The summed E-state index contributed by atoms with van der Waals surface area (Å²) >= 11 is 0. The van der Waals surface area contributed by atoms with Gasteiger partial charge in [-0.2, -0.15) is 0 Å². The molecule has 2 aromatic heterocycles. The Hall–Kier alpha value is -2.74. The van der Waals surface area contributed by atoms with Crippen molar-refractivity contribution in [3.63, 3.8) is 0 Å². The Labute approximate surface area is 132 Å². The normalized spacial score (nSPS) is 11.6. The molecule has 2 heterocycles. The predicted molar refractivity (Wildman–Crippen MR) is 84.6 cm³/mol. The van der Waals surface area contributed by atoms with Gasteiger partial charge in [0.15, 0.2) is 0 Å². The molecule has 0 aromatic carbocycles. The zero-order valence-corrected chi connectivity index (χ0v) is 13.1. The van der Waals surface area contributed by atoms with Crippen molar-refractivity contribution in [2.75, 3.05) is 0 Å². The third-order valence-corrected chi connectivity index (χ3v) is 3.36. The summed E-state index contributed by atoms with van der Waals surface area (Å²) in [6.07, 6.45) is 1.42. The minimum atomic E-state index is -1.16. The predicted octanol–water partition coefficient (Wildman–Crippen LogP) is 0.103. The largest absolute Gasteiger partial charge is 0.480 e. The van der Waals surface area contributed by atoms with Crippen molar-refractivity contribution in [3.05, 3.63) is 39.8 Å². The van der Waals surface area contributed by atoms with E-state index in [9.17, 15) is 14.4 Å². The average Bonchev–Trinajstić information content (AvgIpc) is 2.47. The number of carbonyl (C=O) groups excluding carboxylic acids is 1. The molecule has 0 saturated heterocycles. The Morgan fingerprint density at radius 2 is 2.04 bits per heavy atom. The first-order valence-electron chi connectivity index (χ1n) is 6.89. The number of aryl methyl sites for hydroxylation is 2. The first-order valence-corrected chi connectivity index (χ1v) is 6.89. The molecule has 0 aliphatic carbocycles. The zero-order chi connectivity index (χ0) is 16.4. The number of nitrogens with one attached hydrogen (secondary N) is 1. The minimum absolute atomic E-state index is 0. The van der Waals surface area contributed by atoms with Gasteiger partial charge in [-0.3, -0.25) is 14.4 Å². The fourth-order valence-corrected chi connectivity index (χ4v) is 2.10. The number of rotatable bonds is 4. The summed E-state index contributed by atoms with van der Waals surface area (Å²) in [6.45, 7) is 5.56. The van der Waals surface area contributed by atoms with E-state index in [0.717, 1.165) is 5.69 Å². The lowest BCUT2D eigenvalue weighted by Crippen LogP contribution is -2.40. The van der Waals surface area contributed by atoms with Crippen LogP contribution in [0.2, 0.25) is 0 Å². The highest BCUT2D eigenvalue weighted by molar-refractivity contribution is 5.98. The summed E-state index contributed by atoms with van der Waals surface area (Å²) < 4.78 is 1.70. The Morgan fingerprint density at radius 3 is 2.61 bits per heavy atom. The van der Waals surface area contributed by atoms with E-state index >= 15 is 0 Å². The first kappa shape index (κ1) is 18.3. The van der Waals surface area contributed by atoms with Crippen molar-refractivity contribution >= 4 is 22.9 Å². The summed E-state index contributed by atoms with van der Waals surface area (Å²) in [5.74, 6) is -1.87. The van der Waals surface area contributed by atoms with Gasteiger partial charge in [0.1, 0.15) is 17.3 Å². The summed E-state index contributed by atoms with van der Waals surface area (Å²) in [6, 6.07) is 2.25. The van der Waals surface area contributed by atoms with Crippen molar-refractivity contribution in [2.24, 2.45) is 0 Å². The molecule has 0 spiro atoms. The second-order valence-electron chi connectivity index (χ2n) is 5.02. The van der Waals surface area contributed by atoms with Gasteiger partial charge in [-0.1, -0.05) is 0 Å². The molecule has 124 valence electrons. The molecule has 8 nitrogen and oxygen atoms in total. The number of carboxylic acids is 1. The average molecular weight is 321 g/mol. The van der Waals surface area contributed by atoms with Crippen LogP contribution in [0.15, 0.2) is 23.1 Å². The zero-order valence-electron chi connectivity index (χ0n) is 13.1. The van der Waals surface area contributed by atoms with Crippen molar-refractivity contribution in [1.82, 2.24) is 14.9 Å². The van der Waals surface area contributed by atoms with Crippen LogP contribution in [0.1, 0.15) is 29.9 Å². The van der Waals surface area contributed by atoms with Gasteiger partial charge in [0.05, 0.1) is 5.39 Å². The van der Waals surface area contributed by atoms with Crippen LogP contribution in [0.3, 0.4) is 0 Å². The number of nitrogens with zero attached hydrogens (tertiary/aromatic N) is 2. The van der Waals surface area contributed by atoms with E-state index in [2.05, 4.69) is 10.3 Å². The van der Waals surface area contributed by atoms with Gasteiger partial charge in [0.25, 0.3) is 5.91 Å². The van der Waals surface area contributed by atoms with E-state index in [0.29, 0.717) is 17.6 Å². The maximum atomic E-state index is 12.4. The van der Waals surface area contributed by atoms with Crippen LogP contribution in [-0.2, 0) is 11.3 Å². The monoisotopic (exact) mass is 321 g/mol. The molecule has 0 aliphatic heterocycles. The van der Waals surface area contributed by atoms with Gasteiger partial charge in [-0.05, 0) is 32.9 Å². The van der Waals surface area contributed by atoms with Gasteiger partial charge >= 0.3 is 5.97 Å². The van der Waals surface area contributed by atoms with Gasteiger partial charge in [0, 0.05) is 18.4 Å². The highest BCUT2D eigenvalue weighted by Gasteiger charge is 2.20. The smallest absolute Gasteiger partial charge is 0.325 e. The molecule has 0 fully saturated rings. The topological polar surface area (TPSA) is 133 Å². The number of pyridine rings is 2. The summed E-state index contributed by atoms with van der Waals surface area (Å²) in [5, 5.41) is 11.5. The van der Waals surface area contributed by atoms with Crippen molar-refractivity contribution in [2.45, 2.75) is 33.4 Å².